The molecule has 0 radical (unpaired) electrons. The molecule has 1 heterocycles. The third-order valence-corrected chi connectivity index (χ3v) is 3.51. The maximum atomic E-state index is 5.47. The Bertz CT molecular complexity index is 744. The number of aromatic nitrogens is 2. The summed E-state index contributed by atoms with van der Waals surface area (Å²) >= 11 is 0. The molecule has 0 amide bonds. The summed E-state index contributed by atoms with van der Waals surface area (Å²) in [6.45, 7) is 2.02. The molecule has 3 heteroatoms. The fourth-order valence-corrected chi connectivity index (χ4v) is 2.47. The van der Waals surface area contributed by atoms with Crippen LogP contribution in [0, 0.1) is 6.92 Å². The highest BCUT2D eigenvalue weighted by atomic mass is 16.5. The largest absolute Gasteiger partial charge is 0.496 e. The molecule has 0 aliphatic heterocycles. The summed E-state index contributed by atoms with van der Waals surface area (Å²) in [5.74, 6) is 1.89. The Labute approximate surface area is 112 Å². The van der Waals surface area contributed by atoms with E-state index >= 15 is 0 Å². The van der Waals surface area contributed by atoms with Crippen molar-refractivity contribution >= 4 is 11.0 Å². The standard InChI is InChI=1S/C16H16N2O/c1-11-17-14-9-6-8-13(16(14)18(11)2)12-7-4-5-10-15(12)19-3/h4-10H,1-3H3. The van der Waals surface area contributed by atoms with Crippen molar-refractivity contribution in [1.29, 1.82) is 0 Å². The van der Waals surface area contributed by atoms with Gasteiger partial charge in [-0.25, -0.2) is 4.98 Å². The van der Waals surface area contributed by atoms with Crippen LogP contribution in [0.3, 0.4) is 0 Å². The molecule has 0 aliphatic rings. The summed E-state index contributed by atoms with van der Waals surface area (Å²) in [7, 11) is 3.75. The van der Waals surface area contributed by atoms with Gasteiger partial charge in [-0.05, 0) is 19.1 Å². The summed E-state index contributed by atoms with van der Waals surface area (Å²) in [6, 6.07) is 14.3. The van der Waals surface area contributed by atoms with Crippen LogP contribution in [-0.2, 0) is 7.05 Å². The third kappa shape index (κ3) is 1.78. The summed E-state index contributed by atoms with van der Waals surface area (Å²) in [6.07, 6.45) is 0. The van der Waals surface area contributed by atoms with Crippen LogP contribution in [-0.4, -0.2) is 16.7 Å². The van der Waals surface area contributed by atoms with Gasteiger partial charge in [0.05, 0.1) is 18.1 Å². The first-order chi connectivity index (χ1) is 9.22. The zero-order valence-electron chi connectivity index (χ0n) is 11.3. The van der Waals surface area contributed by atoms with Gasteiger partial charge in [-0.2, -0.15) is 0 Å². The topological polar surface area (TPSA) is 27.1 Å². The summed E-state index contributed by atoms with van der Waals surface area (Å²) in [5, 5.41) is 0. The van der Waals surface area contributed by atoms with E-state index in [0.717, 1.165) is 33.7 Å². The number of imidazole rings is 1. The van der Waals surface area contributed by atoms with Crippen LogP contribution >= 0.6 is 0 Å². The minimum Gasteiger partial charge on any atom is -0.496 e. The summed E-state index contributed by atoms with van der Waals surface area (Å²) in [5.41, 5.74) is 4.41. The van der Waals surface area contributed by atoms with E-state index in [-0.39, 0.29) is 0 Å². The number of rotatable bonds is 2. The van der Waals surface area contributed by atoms with Gasteiger partial charge in [0.1, 0.15) is 11.6 Å². The van der Waals surface area contributed by atoms with Crippen molar-refractivity contribution in [2.45, 2.75) is 6.92 Å². The zero-order valence-corrected chi connectivity index (χ0v) is 11.3. The molecular formula is C16H16N2O. The third-order valence-electron chi connectivity index (χ3n) is 3.51. The van der Waals surface area contributed by atoms with Gasteiger partial charge in [0.2, 0.25) is 0 Å². The van der Waals surface area contributed by atoms with Crippen molar-refractivity contribution in [2.24, 2.45) is 7.05 Å². The molecule has 0 aliphatic carbocycles. The molecule has 3 aromatic rings. The van der Waals surface area contributed by atoms with Crippen molar-refractivity contribution in [3.8, 4) is 16.9 Å². The van der Waals surface area contributed by atoms with Gasteiger partial charge in [0, 0.05) is 18.2 Å². The molecule has 0 fully saturated rings. The fourth-order valence-electron chi connectivity index (χ4n) is 2.47. The number of nitrogens with zero attached hydrogens (tertiary/aromatic N) is 2. The van der Waals surface area contributed by atoms with E-state index < -0.39 is 0 Å². The quantitative estimate of drug-likeness (QED) is 0.697. The molecule has 3 rings (SSSR count). The highest BCUT2D eigenvalue weighted by molar-refractivity contribution is 5.94. The lowest BCUT2D eigenvalue weighted by atomic mass is 10.0. The molecular weight excluding hydrogens is 236 g/mol. The number of ether oxygens (including phenoxy) is 1. The Kier molecular flexibility index (Phi) is 2.75. The number of para-hydroxylation sites is 2. The molecule has 0 saturated carbocycles. The normalized spacial score (nSPS) is 10.9. The van der Waals surface area contributed by atoms with Crippen LogP contribution in [0.1, 0.15) is 5.82 Å². The van der Waals surface area contributed by atoms with Gasteiger partial charge in [-0.1, -0.05) is 30.3 Å². The maximum Gasteiger partial charge on any atom is 0.126 e. The van der Waals surface area contributed by atoms with E-state index in [1.54, 1.807) is 7.11 Å². The van der Waals surface area contributed by atoms with E-state index in [1.165, 1.54) is 0 Å². The van der Waals surface area contributed by atoms with Crippen molar-refractivity contribution in [3.63, 3.8) is 0 Å². The molecule has 0 unspecified atom stereocenters. The first kappa shape index (κ1) is 11.8. The second-order valence-electron chi connectivity index (χ2n) is 4.59. The molecule has 1 aromatic heterocycles. The minimum atomic E-state index is 0.883. The number of benzene rings is 2. The summed E-state index contributed by atoms with van der Waals surface area (Å²) in [4.78, 5) is 4.58. The van der Waals surface area contributed by atoms with E-state index in [0.29, 0.717) is 0 Å². The molecule has 0 N–H and O–H groups in total. The lowest BCUT2D eigenvalue weighted by Gasteiger charge is -2.10. The maximum absolute atomic E-state index is 5.47. The minimum absolute atomic E-state index is 0.883. The van der Waals surface area contributed by atoms with Gasteiger partial charge in [0.25, 0.3) is 0 Å². The highest BCUT2D eigenvalue weighted by Gasteiger charge is 2.13. The average molecular weight is 252 g/mol. The number of fused-ring (bicyclic) bond motifs is 1. The lowest BCUT2D eigenvalue weighted by molar-refractivity contribution is 0.416. The number of hydrogen-bond acceptors (Lipinski definition) is 2. The number of hydrogen-bond donors (Lipinski definition) is 0. The van der Waals surface area contributed by atoms with Crippen molar-refractivity contribution in [3.05, 3.63) is 48.3 Å². The van der Waals surface area contributed by atoms with Crippen LogP contribution in [0.4, 0.5) is 0 Å². The highest BCUT2D eigenvalue weighted by Crippen LogP contribution is 2.34. The number of methoxy groups -OCH3 is 1. The Morgan fingerprint density at radius 1 is 1.00 bits per heavy atom. The monoisotopic (exact) mass is 252 g/mol. The lowest BCUT2D eigenvalue weighted by Crippen LogP contribution is -1.94. The van der Waals surface area contributed by atoms with Crippen LogP contribution < -0.4 is 4.74 Å². The number of aryl methyl sites for hydroxylation is 2. The van der Waals surface area contributed by atoms with Crippen LogP contribution in [0.2, 0.25) is 0 Å². The predicted molar refractivity (Wildman–Crippen MR) is 77.4 cm³/mol. The first-order valence-corrected chi connectivity index (χ1v) is 6.28. The Morgan fingerprint density at radius 2 is 1.74 bits per heavy atom. The second-order valence-corrected chi connectivity index (χ2v) is 4.59. The van der Waals surface area contributed by atoms with E-state index in [1.807, 2.05) is 44.3 Å². The van der Waals surface area contributed by atoms with Gasteiger partial charge in [0.15, 0.2) is 0 Å². The molecule has 19 heavy (non-hydrogen) atoms. The van der Waals surface area contributed by atoms with Gasteiger partial charge >= 0.3 is 0 Å². The fraction of sp³-hybridized carbons (Fsp3) is 0.188. The molecule has 96 valence electrons. The van der Waals surface area contributed by atoms with Gasteiger partial charge in [-0.15, -0.1) is 0 Å². The Hall–Kier alpha value is -2.29. The van der Waals surface area contributed by atoms with E-state index in [2.05, 4.69) is 21.7 Å². The molecule has 0 saturated heterocycles. The second kappa shape index (κ2) is 4.43. The smallest absolute Gasteiger partial charge is 0.126 e. The van der Waals surface area contributed by atoms with Crippen molar-refractivity contribution < 1.29 is 4.74 Å². The van der Waals surface area contributed by atoms with Crippen molar-refractivity contribution in [1.82, 2.24) is 9.55 Å². The van der Waals surface area contributed by atoms with E-state index in [9.17, 15) is 0 Å². The van der Waals surface area contributed by atoms with Gasteiger partial charge in [-0.3, -0.25) is 0 Å². The predicted octanol–water partition coefficient (Wildman–Crippen LogP) is 3.56. The van der Waals surface area contributed by atoms with Crippen LogP contribution in [0.25, 0.3) is 22.2 Å². The zero-order chi connectivity index (χ0) is 13.4. The Morgan fingerprint density at radius 3 is 2.53 bits per heavy atom. The van der Waals surface area contributed by atoms with Crippen LogP contribution in [0.15, 0.2) is 42.5 Å². The SMILES string of the molecule is COc1ccccc1-c1cccc2nc(C)n(C)c12. The van der Waals surface area contributed by atoms with Crippen LogP contribution in [0.5, 0.6) is 5.75 Å². The first-order valence-electron chi connectivity index (χ1n) is 6.28. The molecule has 0 spiro atoms. The molecule has 3 nitrogen and oxygen atoms in total. The van der Waals surface area contributed by atoms with Crippen molar-refractivity contribution in [2.75, 3.05) is 7.11 Å². The molecule has 0 bridgehead atoms. The average Bonchev–Trinajstić information content (AvgIpc) is 2.74. The molecule has 0 atom stereocenters. The Balaban J connectivity index is 2.36. The van der Waals surface area contributed by atoms with E-state index in [4.69, 9.17) is 4.74 Å². The molecule has 2 aromatic carbocycles. The van der Waals surface area contributed by atoms with Gasteiger partial charge < -0.3 is 9.30 Å². The summed E-state index contributed by atoms with van der Waals surface area (Å²) < 4.78 is 7.59.